The van der Waals surface area contributed by atoms with E-state index in [4.69, 9.17) is 4.74 Å². The van der Waals surface area contributed by atoms with Crippen molar-refractivity contribution >= 4 is 66.8 Å². The summed E-state index contributed by atoms with van der Waals surface area (Å²) in [7, 11) is 1.56. The second kappa shape index (κ2) is 8.79. The summed E-state index contributed by atoms with van der Waals surface area (Å²) in [6, 6.07) is 3.60. The Labute approximate surface area is 178 Å². The van der Waals surface area contributed by atoms with E-state index in [1.807, 2.05) is 0 Å². The van der Waals surface area contributed by atoms with Gasteiger partial charge in [0.1, 0.15) is 12.3 Å². The third kappa shape index (κ3) is 4.57. The number of thioether (sulfide) groups is 1. The molecule has 2 heterocycles. The number of hydrogen-bond acceptors (Lipinski definition) is 5. The number of rotatable bonds is 4. The highest BCUT2D eigenvalue weighted by atomic mass is 79.9. The summed E-state index contributed by atoms with van der Waals surface area (Å²) >= 11 is 7.69. The Kier molecular flexibility index (Phi) is 6.65. The van der Waals surface area contributed by atoms with Crippen molar-refractivity contribution in [3.8, 4) is 5.75 Å². The van der Waals surface area contributed by atoms with E-state index in [2.05, 4.69) is 31.9 Å². The minimum atomic E-state index is -0.432. The molecule has 2 aliphatic heterocycles. The molecular weight excluding hydrogens is 500 g/mol. The summed E-state index contributed by atoms with van der Waals surface area (Å²) in [5, 5.41) is -0.414. The number of amides is 3. The van der Waals surface area contributed by atoms with Gasteiger partial charge in [-0.05, 0) is 86.7 Å². The highest BCUT2D eigenvalue weighted by Crippen LogP contribution is 2.37. The minimum Gasteiger partial charge on any atom is -0.494 e. The van der Waals surface area contributed by atoms with Gasteiger partial charge in [0.05, 0.1) is 21.0 Å². The second-order valence-electron chi connectivity index (χ2n) is 6.23. The SMILES string of the molecule is COc1c(Br)cc(/C=C2\SC(=O)N(CC(=O)N3CCCCC3)C2=O)cc1Br. The van der Waals surface area contributed by atoms with E-state index >= 15 is 0 Å². The van der Waals surface area contributed by atoms with Crippen molar-refractivity contribution in [2.75, 3.05) is 26.7 Å². The lowest BCUT2D eigenvalue weighted by molar-refractivity contribution is -0.136. The second-order valence-corrected chi connectivity index (χ2v) is 8.93. The number of carbonyl (C=O) groups is 3. The number of imide groups is 1. The predicted octanol–water partition coefficient (Wildman–Crippen LogP) is 4.27. The summed E-state index contributed by atoms with van der Waals surface area (Å²) in [6.45, 7) is 1.19. The van der Waals surface area contributed by atoms with Crippen LogP contribution >= 0.6 is 43.6 Å². The van der Waals surface area contributed by atoms with Crippen molar-refractivity contribution in [1.29, 1.82) is 0 Å². The molecule has 9 heteroatoms. The number of benzene rings is 1. The molecule has 0 bridgehead atoms. The standard InChI is InChI=1S/C18H18Br2N2O4S/c1-26-16-12(19)7-11(8-13(16)20)9-14-17(24)22(18(25)27-14)10-15(23)21-5-3-2-4-6-21/h7-9H,2-6,10H2,1H3/b14-9-. The molecule has 1 aromatic carbocycles. The Balaban J connectivity index is 1.75. The summed E-state index contributed by atoms with van der Waals surface area (Å²) in [6.07, 6.45) is 4.69. The Morgan fingerprint density at radius 1 is 1.19 bits per heavy atom. The maximum atomic E-state index is 12.6. The molecule has 0 aromatic heterocycles. The quantitative estimate of drug-likeness (QED) is 0.558. The summed E-state index contributed by atoms with van der Waals surface area (Å²) < 4.78 is 6.72. The van der Waals surface area contributed by atoms with Gasteiger partial charge in [-0.3, -0.25) is 19.3 Å². The van der Waals surface area contributed by atoms with Crippen molar-refractivity contribution in [2.24, 2.45) is 0 Å². The van der Waals surface area contributed by atoms with Gasteiger partial charge in [0.15, 0.2) is 0 Å². The molecule has 0 radical (unpaired) electrons. The molecule has 2 saturated heterocycles. The third-order valence-electron chi connectivity index (χ3n) is 4.40. The summed E-state index contributed by atoms with van der Waals surface area (Å²) in [5.74, 6) is 0.0407. The van der Waals surface area contributed by atoms with Crippen molar-refractivity contribution in [3.63, 3.8) is 0 Å². The number of piperidine rings is 1. The molecule has 2 aliphatic rings. The smallest absolute Gasteiger partial charge is 0.294 e. The third-order valence-corrected chi connectivity index (χ3v) is 6.48. The number of hydrogen-bond donors (Lipinski definition) is 0. The van der Waals surface area contributed by atoms with E-state index in [1.165, 1.54) is 0 Å². The largest absolute Gasteiger partial charge is 0.494 e. The maximum Gasteiger partial charge on any atom is 0.294 e. The molecule has 0 saturated carbocycles. The van der Waals surface area contributed by atoms with E-state index in [-0.39, 0.29) is 12.5 Å². The van der Waals surface area contributed by atoms with Crippen LogP contribution in [0.15, 0.2) is 26.0 Å². The van der Waals surface area contributed by atoms with E-state index < -0.39 is 11.1 Å². The first-order valence-corrected chi connectivity index (χ1v) is 10.9. The molecule has 6 nitrogen and oxygen atoms in total. The van der Waals surface area contributed by atoms with Crippen LogP contribution in [0.25, 0.3) is 6.08 Å². The molecule has 0 atom stereocenters. The molecule has 0 aliphatic carbocycles. The van der Waals surface area contributed by atoms with Crippen molar-refractivity contribution in [3.05, 3.63) is 31.5 Å². The van der Waals surface area contributed by atoms with E-state index in [1.54, 1.807) is 30.2 Å². The maximum absolute atomic E-state index is 12.6. The fraction of sp³-hybridized carbons (Fsp3) is 0.389. The number of likely N-dealkylation sites (tertiary alicyclic amines) is 1. The molecular formula is C18H18Br2N2O4S. The van der Waals surface area contributed by atoms with Gasteiger partial charge in [-0.15, -0.1) is 0 Å². The molecule has 1 aromatic rings. The summed E-state index contributed by atoms with van der Waals surface area (Å²) in [4.78, 5) is 40.3. The number of ether oxygens (including phenoxy) is 1. The van der Waals surface area contributed by atoms with Crippen LogP contribution in [0.5, 0.6) is 5.75 Å². The van der Waals surface area contributed by atoms with Gasteiger partial charge in [0.2, 0.25) is 5.91 Å². The van der Waals surface area contributed by atoms with Crippen LogP contribution in [0.3, 0.4) is 0 Å². The van der Waals surface area contributed by atoms with Crippen LogP contribution in [0, 0.1) is 0 Å². The van der Waals surface area contributed by atoms with Gasteiger partial charge >= 0.3 is 0 Å². The van der Waals surface area contributed by atoms with Crippen LogP contribution in [0.4, 0.5) is 4.79 Å². The van der Waals surface area contributed by atoms with E-state index in [0.717, 1.165) is 50.4 Å². The van der Waals surface area contributed by atoms with Crippen LogP contribution in [-0.4, -0.2) is 53.6 Å². The molecule has 0 spiro atoms. The zero-order valence-electron chi connectivity index (χ0n) is 14.7. The lowest BCUT2D eigenvalue weighted by atomic mass is 10.1. The van der Waals surface area contributed by atoms with Gasteiger partial charge in [-0.2, -0.15) is 0 Å². The summed E-state index contributed by atoms with van der Waals surface area (Å²) in [5.41, 5.74) is 0.738. The highest BCUT2D eigenvalue weighted by molar-refractivity contribution is 9.11. The van der Waals surface area contributed by atoms with E-state index in [0.29, 0.717) is 23.7 Å². The van der Waals surface area contributed by atoms with Crippen LogP contribution in [-0.2, 0) is 9.59 Å². The lowest BCUT2D eigenvalue weighted by Gasteiger charge is -2.27. The first-order valence-electron chi connectivity index (χ1n) is 8.47. The number of nitrogens with zero attached hydrogens (tertiary/aromatic N) is 2. The first kappa shape index (κ1) is 20.4. The Morgan fingerprint density at radius 2 is 1.81 bits per heavy atom. The van der Waals surface area contributed by atoms with Gasteiger partial charge in [0.25, 0.3) is 11.1 Å². The topological polar surface area (TPSA) is 66.9 Å². The molecule has 0 unspecified atom stereocenters. The van der Waals surface area contributed by atoms with Gasteiger partial charge in [0, 0.05) is 13.1 Å². The van der Waals surface area contributed by atoms with Crippen molar-refractivity contribution < 1.29 is 19.1 Å². The van der Waals surface area contributed by atoms with Crippen LogP contribution in [0.2, 0.25) is 0 Å². The Hall–Kier alpha value is -1.32. The normalized spacial score (nSPS) is 19.1. The molecule has 0 N–H and O–H groups in total. The predicted molar refractivity (Wildman–Crippen MR) is 112 cm³/mol. The highest BCUT2D eigenvalue weighted by Gasteiger charge is 2.37. The average Bonchev–Trinajstić information content (AvgIpc) is 2.89. The van der Waals surface area contributed by atoms with E-state index in [9.17, 15) is 14.4 Å². The average molecular weight is 518 g/mol. The molecule has 3 rings (SSSR count). The first-order chi connectivity index (χ1) is 12.9. The Bertz CT molecular complexity index is 799. The minimum absolute atomic E-state index is 0.173. The molecule has 2 fully saturated rings. The lowest BCUT2D eigenvalue weighted by Crippen LogP contribution is -2.44. The van der Waals surface area contributed by atoms with Gasteiger partial charge in [-0.1, -0.05) is 0 Å². The fourth-order valence-electron chi connectivity index (χ4n) is 3.02. The number of methoxy groups -OCH3 is 1. The molecule has 27 heavy (non-hydrogen) atoms. The number of carbonyl (C=O) groups excluding carboxylic acids is 3. The van der Waals surface area contributed by atoms with Crippen molar-refractivity contribution in [2.45, 2.75) is 19.3 Å². The van der Waals surface area contributed by atoms with Gasteiger partial charge < -0.3 is 9.64 Å². The Morgan fingerprint density at radius 3 is 2.41 bits per heavy atom. The zero-order chi connectivity index (χ0) is 19.6. The monoisotopic (exact) mass is 516 g/mol. The fourth-order valence-corrected chi connectivity index (χ4v) is 5.41. The van der Waals surface area contributed by atoms with Crippen molar-refractivity contribution in [1.82, 2.24) is 9.80 Å². The van der Waals surface area contributed by atoms with Crippen LogP contribution in [0.1, 0.15) is 24.8 Å². The molecule has 3 amide bonds. The zero-order valence-corrected chi connectivity index (χ0v) is 18.7. The molecule has 144 valence electrons. The van der Waals surface area contributed by atoms with Crippen LogP contribution < -0.4 is 4.74 Å². The van der Waals surface area contributed by atoms with Gasteiger partial charge in [-0.25, -0.2) is 0 Å². The number of halogens is 2.